The smallest absolute Gasteiger partial charge is 0.416 e. The normalized spacial score (nSPS) is 12.1. The molecule has 0 saturated carbocycles. The molecule has 0 aromatic heterocycles. The molecule has 0 radical (unpaired) electrons. The zero-order valence-electron chi connectivity index (χ0n) is 15.1. The largest absolute Gasteiger partial charge is 0.477 e. The lowest BCUT2D eigenvalue weighted by atomic mass is 10.2. The van der Waals surface area contributed by atoms with Crippen LogP contribution in [-0.4, -0.2) is 19.2 Å². The van der Waals surface area contributed by atoms with Crippen LogP contribution in [0.5, 0.6) is 17.2 Å². The second kappa shape index (κ2) is 9.25. The van der Waals surface area contributed by atoms with Gasteiger partial charge in [0.1, 0.15) is 17.6 Å². The van der Waals surface area contributed by atoms with E-state index in [9.17, 15) is 23.2 Å². The van der Waals surface area contributed by atoms with Crippen molar-refractivity contribution in [1.29, 1.82) is 5.26 Å². The van der Waals surface area contributed by atoms with Crippen LogP contribution in [0.25, 0.3) is 0 Å². The molecule has 0 saturated heterocycles. The van der Waals surface area contributed by atoms with Crippen molar-refractivity contribution >= 4 is 29.2 Å². The number of hydrogen-bond acceptors (Lipinski definition) is 5. The topological polar surface area (TPSA) is 68.5 Å². The van der Waals surface area contributed by atoms with Gasteiger partial charge in [-0.2, -0.15) is 18.4 Å². The molecule has 0 aliphatic rings. The van der Waals surface area contributed by atoms with E-state index in [1.165, 1.54) is 25.3 Å². The van der Waals surface area contributed by atoms with Crippen LogP contribution in [0.1, 0.15) is 24.5 Å². The van der Waals surface area contributed by atoms with Crippen LogP contribution in [0.15, 0.2) is 30.3 Å². The van der Waals surface area contributed by atoms with Crippen LogP contribution >= 0.6 is 23.2 Å². The quantitative estimate of drug-likeness (QED) is 0.507. The number of rotatable bonds is 6. The SMILES string of the molecule is CCC(Oc1cc(Oc2c(Cl)cc(C(F)(F)F)cc2Cl)ccc1C#N)C(=O)OC. The molecule has 0 N–H and O–H groups in total. The standard InChI is InChI=1S/C19H14Cl2F3NO4/c1-3-15(18(26)27-2)29-16-8-12(5-4-10(16)9-25)28-17-13(20)6-11(7-14(17)21)19(22,23)24/h4-8,15H,3H2,1-2H3. The molecule has 0 amide bonds. The highest BCUT2D eigenvalue weighted by Gasteiger charge is 2.32. The molecular formula is C19H14Cl2F3NO4. The van der Waals surface area contributed by atoms with Crippen LogP contribution in [0.2, 0.25) is 10.0 Å². The Bertz CT molecular complexity index is 934. The van der Waals surface area contributed by atoms with Crippen LogP contribution in [-0.2, 0) is 15.7 Å². The first kappa shape index (κ1) is 22.7. The predicted molar refractivity (Wildman–Crippen MR) is 99.4 cm³/mol. The zero-order valence-corrected chi connectivity index (χ0v) is 16.7. The number of benzene rings is 2. The Morgan fingerprint density at radius 3 is 2.31 bits per heavy atom. The van der Waals surface area contributed by atoms with Gasteiger partial charge in [0.05, 0.1) is 28.3 Å². The van der Waals surface area contributed by atoms with Gasteiger partial charge in [-0.1, -0.05) is 30.1 Å². The van der Waals surface area contributed by atoms with Gasteiger partial charge in [-0.3, -0.25) is 0 Å². The molecule has 0 bridgehead atoms. The highest BCUT2D eigenvalue weighted by molar-refractivity contribution is 6.37. The number of ether oxygens (including phenoxy) is 3. The minimum atomic E-state index is -4.62. The molecule has 1 unspecified atom stereocenters. The van der Waals surface area contributed by atoms with E-state index in [0.717, 1.165) is 0 Å². The van der Waals surface area contributed by atoms with Crippen LogP contribution < -0.4 is 9.47 Å². The summed E-state index contributed by atoms with van der Waals surface area (Å²) in [6.07, 6.45) is -5.30. The second-order valence-corrected chi connectivity index (χ2v) is 6.49. The summed E-state index contributed by atoms with van der Waals surface area (Å²) in [6, 6.07) is 7.33. The maximum absolute atomic E-state index is 12.8. The molecule has 0 heterocycles. The third-order valence-corrected chi connectivity index (χ3v) is 4.28. The number of hydrogen-bond donors (Lipinski definition) is 0. The molecule has 1 atom stereocenters. The molecule has 2 aromatic carbocycles. The third kappa shape index (κ3) is 5.46. The predicted octanol–water partition coefficient (Wildman–Crippen LogP) is 6.01. The van der Waals surface area contributed by atoms with E-state index in [1.54, 1.807) is 6.92 Å². The Morgan fingerprint density at radius 2 is 1.83 bits per heavy atom. The maximum atomic E-state index is 12.8. The number of carbonyl (C=O) groups excluding carboxylic acids is 1. The van der Waals surface area contributed by atoms with Crippen LogP contribution in [0.3, 0.4) is 0 Å². The molecular weight excluding hydrogens is 434 g/mol. The molecule has 0 aliphatic carbocycles. The van der Waals surface area contributed by atoms with Gasteiger partial charge >= 0.3 is 12.1 Å². The molecule has 29 heavy (non-hydrogen) atoms. The van der Waals surface area contributed by atoms with Crippen molar-refractivity contribution in [2.75, 3.05) is 7.11 Å². The number of halogens is 5. The van der Waals surface area contributed by atoms with Gasteiger partial charge in [0.2, 0.25) is 0 Å². The zero-order chi connectivity index (χ0) is 21.8. The van der Waals surface area contributed by atoms with Gasteiger partial charge in [-0.05, 0) is 30.7 Å². The number of esters is 1. The molecule has 0 fully saturated rings. The Labute approximate surface area is 174 Å². The van der Waals surface area contributed by atoms with Gasteiger partial charge < -0.3 is 14.2 Å². The van der Waals surface area contributed by atoms with E-state index >= 15 is 0 Å². The van der Waals surface area contributed by atoms with Gasteiger partial charge in [0.15, 0.2) is 11.9 Å². The van der Waals surface area contributed by atoms with Crippen molar-refractivity contribution in [2.45, 2.75) is 25.6 Å². The van der Waals surface area contributed by atoms with Gasteiger partial charge in [0.25, 0.3) is 0 Å². The first-order chi connectivity index (χ1) is 13.6. The van der Waals surface area contributed by atoms with E-state index < -0.39 is 23.8 Å². The summed E-state index contributed by atoms with van der Waals surface area (Å²) in [5.41, 5.74) is -0.906. The number of nitriles is 1. The van der Waals surface area contributed by atoms with Gasteiger partial charge in [0, 0.05) is 6.07 Å². The summed E-state index contributed by atoms with van der Waals surface area (Å²) in [6.45, 7) is 1.69. The van der Waals surface area contributed by atoms with Gasteiger partial charge in [-0.25, -0.2) is 4.79 Å². The van der Waals surface area contributed by atoms with Crippen molar-refractivity contribution in [3.05, 3.63) is 51.5 Å². The van der Waals surface area contributed by atoms with E-state index in [2.05, 4.69) is 4.74 Å². The lowest BCUT2D eigenvalue weighted by Gasteiger charge is -2.17. The average molecular weight is 448 g/mol. The van der Waals surface area contributed by atoms with Crippen LogP contribution in [0.4, 0.5) is 13.2 Å². The molecule has 5 nitrogen and oxygen atoms in total. The summed E-state index contributed by atoms with van der Waals surface area (Å²) in [4.78, 5) is 11.7. The van der Waals surface area contributed by atoms with Crippen molar-refractivity contribution in [2.24, 2.45) is 0 Å². The summed E-state index contributed by atoms with van der Waals surface area (Å²) >= 11 is 11.8. The minimum Gasteiger partial charge on any atom is -0.477 e. The van der Waals surface area contributed by atoms with Crippen molar-refractivity contribution in [3.63, 3.8) is 0 Å². The highest BCUT2D eigenvalue weighted by Crippen LogP contribution is 2.42. The third-order valence-electron chi connectivity index (χ3n) is 3.72. The lowest BCUT2D eigenvalue weighted by Crippen LogP contribution is -2.28. The minimum absolute atomic E-state index is 0.0291. The molecule has 0 spiro atoms. The first-order valence-corrected chi connectivity index (χ1v) is 8.89. The summed E-state index contributed by atoms with van der Waals surface area (Å²) in [5.74, 6) is -0.711. The molecule has 2 aromatic rings. The Balaban J connectivity index is 2.38. The highest BCUT2D eigenvalue weighted by atomic mass is 35.5. The van der Waals surface area contributed by atoms with Gasteiger partial charge in [-0.15, -0.1) is 0 Å². The van der Waals surface area contributed by atoms with Crippen molar-refractivity contribution in [3.8, 4) is 23.3 Å². The number of carbonyl (C=O) groups is 1. The second-order valence-electron chi connectivity index (χ2n) is 5.68. The fraction of sp³-hybridized carbons (Fsp3) is 0.263. The molecule has 154 valence electrons. The van der Waals surface area contributed by atoms with E-state index in [1.807, 2.05) is 6.07 Å². The molecule has 0 aliphatic heterocycles. The fourth-order valence-corrected chi connectivity index (χ4v) is 2.84. The van der Waals surface area contributed by atoms with E-state index in [0.29, 0.717) is 12.1 Å². The van der Waals surface area contributed by atoms with Crippen molar-refractivity contribution in [1.82, 2.24) is 0 Å². The van der Waals surface area contributed by atoms with E-state index in [-0.39, 0.29) is 39.3 Å². The summed E-state index contributed by atoms with van der Waals surface area (Å²) in [5, 5.41) is 8.54. The Morgan fingerprint density at radius 1 is 1.21 bits per heavy atom. The molecule has 10 heteroatoms. The number of methoxy groups -OCH3 is 1. The Kier molecular flexibility index (Phi) is 7.22. The van der Waals surface area contributed by atoms with E-state index in [4.69, 9.17) is 32.7 Å². The van der Waals surface area contributed by atoms with Crippen LogP contribution in [0, 0.1) is 11.3 Å². The monoisotopic (exact) mass is 447 g/mol. The summed E-state index contributed by atoms with van der Waals surface area (Å²) in [7, 11) is 1.20. The first-order valence-electron chi connectivity index (χ1n) is 8.13. The average Bonchev–Trinajstić information content (AvgIpc) is 2.67. The lowest BCUT2D eigenvalue weighted by molar-refractivity contribution is -0.149. The molecule has 2 rings (SSSR count). The maximum Gasteiger partial charge on any atom is 0.416 e. The summed E-state index contributed by atoms with van der Waals surface area (Å²) < 4.78 is 54.3. The number of nitrogens with zero attached hydrogens (tertiary/aromatic N) is 1. The van der Waals surface area contributed by atoms with Crippen molar-refractivity contribution < 1.29 is 32.2 Å². The fourth-order valence-electron chi connectivity index (χ4n) is 2.28. The Hall–Kier alpha value is -2.63. The number of alkyl halides is 3.